The third-order valence-electron chi connectivity index (χ3n) is 3.53. The number of benzene rings is 1. The second-order valence-electron chi connectivity index (χ2n) is 4.84. The van der Waals surface area contributed by atoms with Crippen molar-refractivity contribution in [3.8, 4) is 5.75 Å². The number of anilines is 1. The van der Waals surface area contributed by atoms with Crippen LogP contribution in [0.5, 0.6) is 5.75 Å². The Morgan fingerprint density at radius 2 is 2.32 bits per heavy atom. The lowest BCUT2D eigenvalue weighted by Gasteiger charge is -2.40. The van der Waals surface area contributed by atoms with E-state index in [2.05, 4.69) is 11.8 Å². The molecule has 1 aliphatic heterocycles. The summed E-state index contributed by atoms with van der Waals surface area (Å²) in [6.07, 6.45) is -0.145. The molecule has 0 bridgehead atoms. The van der Waals surface area contributed by atoms with E-state index in [1.807, 2.05) is 18.2 Å². The van der Waals surface area contributed by atoms with Gasteiger partial charge in [0.05, 0.1) is 26.4 Å². The second-order valence-corrected chi connectivity index (χ2v) is 4.84. The Bertz CT molecular complexity index is 425. The first-order valence-electron chi connectivity index (χ1n) is 6.55. The lowest BCUT2D eigenvalue weighted by Crippen LogP contribution is -2.50. The summed E-state index contributed by atoms with van der Waals surface area (Å²) < 4.78 is 10.9. The van der Waals surface area contributed by atoms with E-state index in [4.69, 9.17) is 15.2 Å². The van der Waals surface area contributed by atoms with E-state index in [9.17, 15) is 5.11 Å². The van der Waals surface area contributed by atoms with Crippen LogP contribution in [0.1, 0.15) is 12.5 Å². The Morgan fingerprint density at radius 3 is 2.95 bits per heavy atom. The summed E-state index contributed by atoms with van der Waals surface area (Å²) >= 11 is 0. The van der Waals surface area contributed by atoms with Crippen LogP contribution in [0.2, 0.25) is 0 Å². The van der Waals surface area contributed by atoms with Gasteiger partial charge in [-0.3, -0.25) is 0 Å². The van der Waals surface area contributed by atoms with Crippen LogP contribution >= 0.6 is 0 Å². The molecule has 1 heterocycles. The quantitative estimate of drug-likeness (QED) is 0.841. The molecule has 3 N–H and O–H groups in total. The maximum atomic E-state index is 9.27. The fraction of sp³-hybridized carbons (Fsp3) is 0.571. The van der Waals surface area contributed by atoms with Gasteiger partial charge in [0.15, 0.2) is 0 Å². The molecule has 19 heavy (non-hydrogen) atoms. The van der Waals surface area contributed by atoms with E-state index in [-0.39, 0.29) is 18.8 Å². The van der Waals surface area contributed by atoms with E-state index in [0.29, 0.717) is 19.7 Å². The molecular formula is C14H22N2O3. The van der Waals surface area contributed by atoms with Crippen molar-refractivity contribution >= 4 is 5.69 Å². The fourth-order valence-corrected chi connectivity index (χ4v) is 2.37. The number of hydrogen-bond donors (Lipinski definition) is 2. The molecule has 2 atom stereocenters. The Labute approximate surface area is 113 Å². The van der Waals surface area contributed by atoms with Crippen molar-refractivity contribution in [2.24, 2.45) is 5.73 Å². The van der Waals surface area contributed by atoms with Gasteiger partial charge in [-0.2, -0.15) is 0 Å². The van der Waals surface area contributed by atoms with Gasteiger partial charge in [-0.05, 0) is 18.6 Å². The molecule has 0 spiro atoms. The summed E-state index contributed by atoms with van der Waals surface area (Å²) in [7, 11) is 1.65. The highest BCUT2D eigenvalue weighted by atomic mass is 16.5. The van der Waals surface area contributed by atoms with Gasteiger partial charge in [0.25, 0.3) is 0 Å². The topological polar surface area (TPSA) is 68.0 Å². The van der Waals surface area contributed by atoms with Crippen LogP contribution in [0, 0.1) is 0 Å². The summed E-state index contributed by atoms with van der Waals surface area (Å²) in [5.74, 6) is 0.812. The van der Waals surface area contributed by atoms with Gasteiger partial charge in [0.2, 0.25) is 0 Å². The van der Waals surface area contributed by atoms with Gasteiger partial charge >= 0.3 is 0 Å². The normalized spacial score (nSPS) is 23.5. The lowest BCUT2D eigenvalue weighted by molar-refractivity contribution is -0.0103. The number of aliphatic hydroxyl groups excluding tert-OH is 1. The minimum absolute atomic E-state index is 0.0329. The Morgan fingerprint density at radius 1 is 1.53 bits per heavy atom. The van der Waals surface area contributed by atoms with Crippen LogP contribution in [0.25, 0.3) is 0 Å². The van der Waals surface area contributed by atoms with Gasteiger partial charge in [-0.1, -0.05) is 6.07 Å². The molecule has 1 fully saturated rings. The maximum Gasteiger partial charge on any atom is 0.120 e. The van der Waals surface area contributed by atoms with Crippen LogP contribution < -0.4 is 15.4 Å². The van der Waals surface area contributed by atoms with Crippen molar-refractivity contribution in [3.05, 3.63) is 23.8 Å². The molecule has 1 aliphatic rings. The Hall–Kier alpha value is -1.30. The third-order valence-corrected chi connectivity index (χ3v) is 3.53. The van der Waals surface area contributed by atoms with Crippen molar-refractivity contribution < 1.29 is 14.6 Å². The van der Waals surface area contributed by atoms with E-state index in [0.717, 1.165) is 17.0 Å². The van der Waals surface area contributed by atoms with Gasteiger partial charge in [0.1, 0.15) is 5.75 Å². The van der Waals surface area contributed by atoms with Gasteiger partial charge in [-0.15, -0.1) is 0 Å². The molecule has 5 heteroatoms. The minimum atomic E-state index is -0.145. The highest BCUT2D eigenvalue weighted by Gasteiger charge is 2.27. The molecule has 0 amide bonds. The molecular weight excluding hydrogens is 244 g/mol. The Kier molecular flexibility index (Phi) is 4.63. The average molecular weight is 266 g/mol. The van der Waals surface area contributed by atoms with Crippen molar-refractivity contribution in [3.63, 3.8) is 0 Å². The predicted molar refractivity (Wildman–Crippen MR) is 74.5 cm³/mol. The van der Waals surface area contributed by atoms with Gasteiger partial charge in [0, 0.05) is 30.9 Å². The van der Waals surface area contributed by atoms with E-state index in [1.165, 1.54) is 0 Å². The number of rotatable bonds is 4. The zero-order valence-corrected chi connectivity index (χ0v) is 11.5. The van der Waals surface area contributed by atoms with E-state index < -0.39 is 0 Å². The van der Waals surface area contributed by atoms with Gasteiger partial charge in [-0.25, -0.2) is 0 Å². The number of ether oxygens (including phenoxy) is 2. The SMILES string of the molecule is COc1ccc(CN)c(N2CC(CO)OCC2C)c1. The molecule has 2 rings (SSSR count). The molecule has 1 aromatic carbocycles. The highest BCUT2D eigenvalue weighted by molar-refractivity contribution is 5.58. The summed E-state index contributed by atoms with van der Waals surface area (Å²) in [6, 6.07) is 6.16. The second kappa shape index (κ2) is 6.23. The summed E-state index contributed by atoms with van der Waals surface area (Å²) in [5.41, 5.74) is 7.95. The largest absolute Gasteiger partial charge is 0.497 e. The lowest BCUT2D eigenvalue weighted by atomic mass is 10.1. The molecule has 106 valence electrons. The highest BCUT2D eigenvalue weighted by Crippen LogP contribution is 2.29. The monoisotopic (exact) mass is 266 g/mol. The number of aliphatic hydroxyl groups is 1. The minimum Gasteiger partial charge on any atom is -0.497 e. The summed E-state index contributed by atoms with van der Waals surface area (Å²) in [4.78, 5) is 2.23. The first kappa shape index (κ1) is 14.1. The van der Waals surface area contributed by atoms with E-state index in [1.54, 1.807) is 7.11 Å². The first-order valence-corrected chi connectivity index (χ1v) is 6.55. The number of hydrogen-bond acceptors (Lipinski definition) is 5. The number of nitrogens with two attached hydrogens (primary N) is 1. The number of nitrogens with zero attached hydrogens (tertiary/aromatic N) is 1. The number of morpholine rings is 1. The van der Waals surface area contributed by atoms with Crippen LogP contribution in [-0.2, 0) is 11.3 Å². The van der Waals surface area contributed by atoms with Crippen molar-refractivity contribution in [2.45, 2.75) is 25.6 Å². The molecule has 0 aliphatic carbocycles. The van der Waals surface area contributed by atoms with Crippen molar-refractivity contribution in [1.82, 2.24) is 0 Å². The Balaban J connectivity index is 2.31. The van der Waals surface area contributed by atoms with Crippen LogP contribution in [0.15, 0.2) is 18.2 Å². The molecule has 1 saturated heterocycles. The standard InChI is InChI=1S/C14H22N2O3/c1-10-9-19-13(8-17)7-16(10)14-5-12(18-2)4-3-11(14)6-15/h3-5,10,13,17H,6-9,15H2,1-2H3. The zero-order chi connectivity index (χ0) is 13.8. The molecule has 2 unspecified atom stereocenters. The number of methoxy groups -OCH3 is 1. The molecule has 1 aromatic rings. The zero-order valence-electron chi connectivity index (χ0n) is 11.5. The average Bonchev–Trinajstić information content (AvgIpc) is 2.47. The van der Waals surface area contributed by atoms with E-state index >= 15 is 0 Å². The van der Waals surface area contributed by atoms with Crippen LogP contribution in [-0.4, -0.2) is 44.1 Å². The summed E-state index contributed by atoms with van der Waals surface area (Å²) in [6.45, 7) is 3.88. The molecule has 0 saturated carbocycles. The smallest absolute Gasteiger partial charge is 0.120 e. The molecule has 0 aromatic heterocycles. The molecule has 5 nitrogen and oxygen atoms in total. The third kappa shape index (κ3) is 3.00. The van der Waals surface area contributed by atoms with Crippen molar-refractivity contribution in [2.75, 3.05) is 31.8 Å². The van der Waals surface area contributed by atoms with Crippen molar-refractivity contribution in [1.29, 1.82) is 0 Å². The van der Waals surface area contributed by atoms with Gasteiger partial charge < -0.3 is 25.2 Å². The fourth-order valence-electron chi connectivity index (χ4n) is 2.37. The maximum absolute atomic E-state index is 9.27. The first-order chi connectivity index (χ1) is 9.19. The predicted octanol–water partition coefficient (Wildman–Crippen LogP) is 0.740. The van der Waals surface area contributed by atoms with Crippen LogP contribution in [0.3, 0.4) is 0 Å². The van der Waals surface area contributed by atoms with Crippen LogP contribution in [0.4, 0.5) is 5.69 Å². The summed E-state index contributed by atoms with van der Waals surface area (Å²) in [5, 5.41) is 9.27. The molecule has 0 radical (unpaired) electrons.